The van der Waals surface area contributed by atoms with Gasteiger partial charge in [0.05, 0.1) is 0 Å². The van der Waals surface area contributed by atoms with Crippen LogP contribution < -0.4 is 5.32 Å². The maximum Gasteiger partial charge on any atom is 0.413 e. The highest BCUT2D eigenvalue weighted by Crippen LogP contribution is 2.07. The molecule has 1 aromatic rings. The van der Waals surface area contributed by atoms with Crippen molar-refractivity contribution in [2.45, 2.75) is 0 Å². The van der Waals surface area contributed by atoms with Crippen molar-refractivity contribution < 1.29 is 19.4 Å². The van der Waals surface area contributed by atoms with Gasteiger partial charge in [-0.2, -0.15) is 0 Å². The number of rotatable bonds is 5. The maximum atomic E-state index is 11.2. The number of carbonyl (C=O) groups excluding carboxylic acids is 1. The fourth-order valence-electron chi connectivity index (χ4n) is 1.02. The van der Waals surface area contributed by atoms with Crippen LogP contribution in [-0.4, -0.2) is 28.8 Å². The maximum absolute atomic E-state index is 11.2. The lowest BCUT2D eigenvalue weighted by Crippen LogP contribution is -2.14. The number of amides is 1. The topological polar surface area (TPSA) is 88.5 Å². The normalized spacial score (nSPS) is 10.0. The second kappa shape index (κ2) is 6.85. The molecular formula is C12H12N2O4. The van der Waals surface area contributed by atoms with Gasteiger partial charge in [0.15, 0.2) is 0 Å². The van der Waals surface area contributed by atoms with Gasteiger partial charge in [0, 0.05) is 12.3 Å². The van der Waals surface area contributed by atoms with Gasteiger partial charge in [-0.15, -0.1) is 0 Å². The number of anilines is 1. The van der Waals surface area contributed by atoms with Crippen LogP contribution in [0.5, 0.6) is 0 Å². The predicted octanol–water partition coefficient (Wildman–Crippen LogP) is 1.91. The van der Waals surface area contributed by atoms with Crippen molar-refractivity contribution in [1.82, 2.24) is 4.98 Å². The van der Waals surface area contributed by atoms with Crippen molar-refractivity contribution in [2.24, 2.45) is 0 Å². The summed E-state index contributed by atoms with van der Waals surface area (Å²) < 4.78 is 4.70. The van der Waals surface area contributed by atoms with Crippen molar-refractivity contribution >= 4 is 24.0 Å². The third-order valence-corrected chi connectivity index (χ3v) is 1.77. The van der Waals surface area contributed by atoms with E-state index in [1.165, 1.54) is 24.4 Å². The molecule has 1 aromatic heterocycles. The molecule has 1 rings (SSSR count). The van der Waals surface area contributed by atoms with E-state index < -0.39 is 12.1 Å². The molecule has 0 radical (unpaired) electrons. The van der Waals surface area contributed by atoms with Gasteiger partial charge in [0.25, 0.3) is 0 Å². The summed E-state index contributed by atoms with van der Waals surface area (Å²) in [5.74, 6) is -0.721. The Morgan fingerprint density at radius 2 is 2.28 bits per heavy atom. The molecule has 0 fully saturated rings. The zero-order chi connectivity index (χ0) is 13.4. The van der Waals surface area contributed by atoms with Crippen molar-refractivity contribution in [1.29, 1.82) is 0 Å². The number of aromatic nitrogens is 1. The van der Waals surface area contributed by atoms with E-state index in [0.29, 0.717) is 11.4 Å². The van der Waals surface area contributed by atoms with Crippen molar-refractivity contribution in [3.05, 3.63) is 42.6 Å². The van der Waals surface area contributed by atoms with Crippen LogP contribution in [0.1, 0.15) is 5.56 Å². The molecule has 0 saturated carbocycles. The number of hydrogen-bond acceptors (Lipinski definition) is 4. The lowest BCUT2D eigenvalue weighted by molar-refractivity contribution is -0.131. The number of aliphatic carboxylic acids is 1. The van der Waals surface area contributed by atoms with E-state index in [2.05, 4.69) is 16.9 Å². The van der Waals surface area contributed by atoms with Gasteiger partial charge in [0.1, 0.15) is 12.4 Å². The number of carboxylic acid groups (broad SMARTS) is 1. The first-order valence-corrected chi connectivity index (χ1v) is 5.03. The number of carbonyl (C=O) groups is 2. The van der Waals surface area contributed by atoms with Crippen LogP contribution in [0.15, 0.2) is 37.1 Å². The van der Waals surface area contributed by atoms with E-state index in [1.807, 2.05) is 0 Å². The molecule has 6 nitrogen and oxygen atoms in total. The minimum atomic E-state index is -1.04. The van der Waals surface area contributed by atoms with Gasteiger partial charge in [0.2, 0.25) is 0 Å². The SMILES string of the molecule is C=CCOC(=O)Nc1ccc(/C=C/C(=O)O)cn1. The van der Waals surface area contributed by atoms with E-state index in [4.69, 9.17) is 9.84 Å². The summed E-state index contributed by atoms with van der Waals surface area (Å²) in [4.78, 5) is 25.4. The molecule has 0 aliphatic heterocycles. The number of nitrogens with one attached hydrogen (secondary N) is 1. The number of pyridine rings is 1. The highest BCUT2D eigenvalue weighted by Gasteiger charge is 2.02. The summed E-state index contributed by atoms with van der Waals surface area (Å²) in [6, 6.07) is 3.16. The molecule has 18 heavy (non-hydrogen) atoms. The Kier molecular flexibility index (Phi) is 5.11. The van der Waals surface area contributed by atoms with Gasteiger partial charge < -0.3 is 9.84 Å². The van der Waals surface area contributed by atoms with Gasteiger partial charge in [-0.1, -0.05) is 12.7 Å². The molecular weight excluding hydrogens is 236 g/mol. The van der Waals surface area contributed by atoms with Gasteiger partial charge in [-0.25, -0.2) is 14.6 Å². The van der Waals surface area contributed by atoms with E-state index >= 15 is 0 Å². The third-order valence-electron chi connectivity index (χ3n) is 1.77. The molecule has 1 heterocycles. The van der Waals surface area contributed by atoms with E-state index in [1.54, 1.807) is 6.07 Å². The second-order valence-electron chi connectivity index (χ2n) is 3.16. The fourth-order valence-corrected chi connectivity index (χ4v) is 1.02. The molecule has 0 aromatic carbocycles. The molecule has 2 N–H and O–H groups in total. The fraction of sp³-hybridized carbons (Fsp3) is 0.0833. The highest BCUT2D eigenvalue weighted by molar-refractivity contribution is 5.85. The number of ether oxygens (including phenoxy) is 1. The van der Waals surface area contributed by atoms with Crippen molar-refractivity contribution in [2.75, 3.05) is 11.9 Å². The van der Waals surface area contributed by atoms with Crippen LogP contribution in [0.4, 0.5) is 10.6 Å². The summed E-state index contributed by atoms with van der Waals surface area (Å²) in [5.41, 5.74) is 0.613. The zero-order valence-electron chi connectivity index (χ0n) is 9.50. The van der Waals surface area contributed by atoms with Gasteiger partial charge >= 0.3 is 12.1 Å². The molecule has 6 heteroatoms. The first kappa shape index (κ1) is 13.4. The largest absolute Gasteiger partial charge is 0.478 e. The smallest absolute Gasteiger partial charge is 0.413 e. The summed E-state index contributed by atoms with van der Waals surface area (Å²) in [5, 5.41) is 10.9. The molecule has 0 aliphatic carbocycles. The number of hydrogen-bond donors (Lipinski definition) is 2. The zero-order valence-corrected chi connectivity index (χ0v) is 9.50. The van der Waals surface area contributed by atoms with Crippen LogP contribution in [-0.2, 0) is 9.53 Å². The van der Waals surface area contributed by atoms with Crippen molar-refractivity contribution in [3.8, 4) is 0 Å². The van der Waals surface area contributed by atoms with Crippen LogP contribution >= 0.6 is 0 Å². The minimum Gasteiger partial charge on any atom is -0.478 e. The van der Waals surface area contributed by atoms with Crippen LogP contribution in [0.2, 0.25) is 0 Å². The first-order chi connectivity index (χ1) is 8.61. The average Bonchev–Trinajstić information content (AvgIpc) is 2.35. The Hall–Kier alpha value is -2.63. The lowest BCUT2D eigenvalue weighted by Gasteiger charge is -2.04. The number of carboxylic acids is 1. The molecule has 0 aliphatic rings. The Morgan fingerprint density at radius 1 is 1.50 bits per heavy atom. The van der Waals surface area contributed by atoms with E-state index in [-0.39, 0.29) is 6.61 Å². The molecule has 0 unspecified atom stereocenters. The first-order valence-electron chi connectivity index (χ1n) is 5.03. The van der Waals surface area contributed by atoms with Crippen LogP contribution in [0, 0.1) is 0 Å². The molecule has 0 atom stereocenters. The van der Waals surface area contributed by atoms with E-state index in [9.17, 15) is 9.59 Å². The standard InChI is InChI=1S/C12H12N2O4/c1-2-7-18-12(17)14-10-5-3-9(8-13-10)4-6-11(15)16/h2-6,8H,1,7H2,(H,15,16)(H,13,14,17)/b6-4+. The molecule has 0 saturated heterocycles. The second-order valence-corrected chi connectivity index (χ2v) is 3.16. The monoisotopic (exact) mass is 248 g/mol. The summed E-state index contributed by atoms with van der Waals surface area (Å²) >= 11 is 0. The third kappa shape index (κ3) is 4.93. The lowest BCUT2D eigenvalue weighted by atomic mass is 10.2. The quantitative estimate of drug-likeness (QED) is 0.613. The van der Waals surface area contributed by atoms with Crippen LogP contribution in [0.25, 0.3) is 6.08 Å². The van der Waals surface area contributed by atoms with Gasteiger partial charge in [-0.3, -0.25) is 5.32 Å². The number of nitrogens with zero attached hydrogens (tertiary/aromatic N) is 1. The van der Waals surface area contributed by atoms with Crippen molar-refractivity contribution in [3.63, 3.8) is 0 Å². The van der Waals surface area contributed by atoms with E-state index in [0.717, 1.165) is 6.08 Å². The Morgan fingerprint density at radius 3 is 2.83 bits per heavy atom. The Labute approximate surface area is 104 Å². The predicted molar refractivity (Wildman–Crippen MR) is 66.1 cm³/mol. The minimum absolute atomic E-state index is 0.116. The molecule has 94 valence electrons. The molecule has 0 spiro atoms. The highest BCUT2D eigenvalue weighted by atomic mass is 16.5. The Balaban J connectivity index is 2.57. The summed E-state index contributed by atoms with van der Waals surface area (Å²) in [6.07, 6.45) is 4.66. The summed E-state index contributed by atoms with van der Waals surface area (Å²) in [6.45, 7) is 3.53. The summed E-state index contributed by atoms with van der Waals surface area (Å²) in [7, 11) is 0. The molecule has 0 bridgehead atoms. The average molecular weight is 248 g/mol. The van der Waals surface area contributed by atoms with Crippen LogP contribution in [0.3, 0.4) is 0 Å². The Bertz CT molecular complexity index is 465. The van der Waals surface area contributed by atoms with Gasteiger partial charge in [-0.05, 0) is 23.8 Å². The molecule has 1 amide bonds.